The third kappa shape index (κ3) is 2.83. The highest BCUT2D eigenvalue weighted by molar-refractivity contribution is 5.87. The Bertz CT molecular complexity index is 1310. The molecule has 0 heterocycles. The second-order valence-corrected chi connectivity index (χ2v) is 8.33. The van der Waals surface area contributed by atoms with E-state index >= 15 is 0 Å². The van der Waals surface area contributed by atoms with Crippen LogP contribution in [0.4, 0.5) is 0 Å². The van der Waals surface area contributed by atoms with E-state index in [1.165, 1.54) is 0 Å². The van der Waals surface area contributed by atoms with E-state index in [2.05, 4.69) is 60.7 Å². The summed E-state index contributed by atoms with van der Waals surface area (Å²) < 4.78 is 0. The average molecular weight is 411 g/mol. The lowest BCUT2D eigenvalue weighted by Crippen LogP contribution is -2.26. The number of hydrogen-bond donors (Lipinski definition) is 1. The summed E-state index contributed by atoms with van der Waals surface area (Å²) in [7, 11) is 0. The summed E-state index contributed by atoms with van der Waals surface area (Å²) in [5.41, 5.74) is 8.23. The first-order valence-corrected chi connectivity index (χ1v) is 10.9. The molecule has 0 aliphatic heterocycles. The molecule has 1 aliphatic rings. The summed E-state index contributed by atoms with van der Waals surface area (Å²) >= 11 is 0. The Labute approximate surface area is 188 Å². The molecule has 0 saturated heterocycles. The molecule has 152 valence electrons. The monoisotopic (exact) mass is 410 g/mol. The smallest absolute Gasteiger partial charge is 0.141 e. The van der Waals surface area contributed by atoms with Crippen molar-refractivity contribution in [2.45, 2.75) is 5.60 Å². The van der Waals surface area contributed by atoms with Gasteiger partial charge in [0.05, 0.1) is 0 Å². The van der Waals surface area contributed by atoms with E-state index in [1.807, 2.05) is 66.7 Å². The van der Waals surface area contributed by atoms with E-state index in [4.69, 9.17) is 0 Å². The van der Waals surface area contributed by atoms with Gasteiger partial charge in [-0.05, 0) is 51.1 Å². The van der Waals surface area contributed by atoms with Crippen molar-refractivity contribution >= 4 is 0 Å². The Kier molecular flexibility index (Phi) is 4.31. The van der Waals surface area contributed by atoms with Gasteiger partial charge in [-0.15, -0.1) is 0 Å². The Balaban J connectivity index is 1.61. The highest BCUT2D eigenvalue weighted by Gasteiger charge is 2.43. The van der Waals surface area contributed by atoms with Gasteiger partial charge < -0.3 is 5.11 Å². The molecule has 5 aromatic rings. The molecule has 1 aliphatic carbocycles. The molecule has 1 nitrogen and oxygen atoms in total. The van der Waals surface area contributed by atoms with E-state index in [0.29, 0.717) is 0 Å². The van der Waals surface area contributed by atoms with Crippen molar-refractivity contribution in [3.05, 3.63) is 144 Å². The molecule has 0 radical (unpaired) electrons. The molecular weight excluding hydrogens is 388 g/mol. The van der Waals surface area contributed by atoms with Crippen molar-refractivity contribution in [2.24, 2.45) is 0 Å². The van der Waals surface area contributed by atoms with Crippen molar-refractivity contribution in [3.8, 4) is 33.4 Å². The highest BCUT2D eigenvalue weighted by atomic mass is 16.3. The lowest BCUT2D eigenvalue weighted by Gasteiger charge is -2.27. The lowest BCUT2D eigenvalue weighted by atomic mass is 9.82. The van der Waals surface area contributed by atoms with E-state index in [-0.39, 0.29) is 0 Å². The maximum atomic E-state index is 12.4. The van der Waals surface area contributed by atoms with Crippen molar-refractivity contribution < 1.29 is 5.11 Å². The average Bonchev–Trinajstić information content (AvgIpc) is 3.14. The molecule has 0 spiro atoms. The van der Waals surface area contributed by atoms with Crippen LogP contribution in [0.2, 0.25) is 0 Å². The summed E-state index contributed by atoms with van der Waals surface area (Å²) in [6, 6.07) is 43.6. The summed E-state index contributed by atoms with van der Waals surface area (Å²) in [5, 5.41) is 12.4. The molecule has 1 heteroatoms. The Morgan fingerprint density at radius 3 is 1.25 bits per heavy atom. The largest absolute Gasteiger partial charge is 0.376 e. The predicted molar refractivity (Wildman–Crippen MR) is 131 cm³/mol. The van der Waals surface area contributed by atoms with Gasteiger partial charge in [0.2, 0.25) is 0 Å². The number of fused-ring (bicyclic) bond motifs is 3. The van der Waals surface area contributed by atoms with Crippen LogP contribution in [-0.4, -0.2) is 5.11 Å². The van der Waals surface area contributed by atoms with E-state index < -0.39 is 5.60 Å². The molecule has 6 rings (SSSR count). The van der Waals surface area contributed by atoms with Gasteiger partial charge in [-0.2, -0.15) is 0 Å². The maximum absolute atomic E-state index is 12.4. The Hall–Kier alpha value is -3.94. The van der Waals surface area contributed by atoms with Crippen LogP contribution < -0.4 is 0 Å². The van der Waals surface area contributed by atoms with Crippen LogP contribution in [0, 0.1) is 0 Å². The highest BCUT2D eigenvalue weighted by Crippen LogP contribution is 2.52. The number of aliphatic hydroxyl groups is 1. The second kappa shape index (κ2) is 7.33. The molecule has 0 fully saturated rings. The van der Waals surface area contributed by atoms with Gasteiger partial charge in [-0.25, -0.2) is 0 Å². The molecule has 0 amide bonds. The quantitative estimate of drug-likeness (QED) is 0.331. The van der Waals surface area contributed by atoms with Crippen molar-refractivity contribution in [1.29, 1.82) is 0 Å². The van der Waals surface area contributed by atoms with E-state index in [1.54, 1.807) is 0 Å². The number of rotatable bonds is 3. The zero-order chi connectivity index (χ0) is 21.5. The van der Waals surface area contributed by atoms with Gasteiger partial charge in [-0.3, -0.25) is 0 Å². The Morgan fingerprint density at radius 2 is 0.812 bits per heavy atom. The zero-order valence-electron chi connectivity index (χ0n) is 17.6. The maximum Gasteiger partial charge on any atom is 0.141 e. The summed E-state index contributed by atoms with van der Waals surface area (Å²) in [5.74, 6) is 0. The van der Waals surface area contributed by atoms with E-state index in [0.717, 1.165) is 50.1 Å². The molecule has 0 aromatic heterocycles. The van der Waals surface area contributed by atoms with Gasteiger partial charge in [0.1, 0.15) is 5.60 Å². The third-order valence-electron chi connectivity index (χ3n) is 6.51. The minimum absolute atomic E-state index is 0.885. The fraction of sp³-hybridized carbons (Fsp3) is 0.0323. The van der Waals surface area contributed by atoms with Gasteiger partial charge in [0.25, 0.3) is 0 Å². The topological polar surface area (TPSA) is 20.2 Å². The summed E-state index contributed by atoms with van der Waals surface area (Å²) in [6.07, 6.45) is 0. The standard InChI is InChI=1S/C31H22O/c32-31(26-14-8-3-9-15-26)29-20-24(22-10-4-1-5-11-22)16-18-27(29)28-19-17-25(21-30(28)31)23-12-6-2-7-13-23/h1-21,32H. The Morgan fingerprint density at radius 1 is 0.406 bits per heavy atom. The predicted octanol–water partition coefficient (Wildman–Crippen LogP) is 7.29. The van der Waals surface area contributed by atoms with Crippen molar-refractivity contribution in [2.75, 3.05) is 0 Å². The second-order valence-electron chi connectivity index (χ2n) is 8.33. The minimum Gasteiger partial charge on any atom is -0.376 e. The van der Waals surface area contributed by atoms with Crippen LogP contribution >= 0.6 is 0 Å². The van der Waals surface area contributed by atoms with Gasteiger partial charge >= 0.3 is 0 Å². The molecule has 32 heavy (non-hydrogen) atoms. The first kappa shape index (κ1) is 18.8. The van der Waals surface area contributed by atoms with Gasteiger partial charge in [0, 0.05) is 11.1 Å². The third-order valence-corrected chi connectivity index (χ3v) is 6.51. The molecule has 0 unspecified atom stereocenters. The van der Waals surface area contributed by atoms with E-state index in [9.17, 15) is 5.11 Å². The van der Waals surface area contributed by atoms with Crippen molar-refractivity contribution in [1.82, 2.24) is 0 Å². The van der Waals surface area contributed by atoms with Crippen LogP contribution in [0.25, 0.3) is 33.4 Å². The van der Waals surface area contributed by atoms with Crippen LogP contribution in [0.15, 0.2) is 127 Å². The van der Waals surface area contributed by atoms with Gasteiger partial charge in [0.15, 0.2) is 0 Å². The van der Waals surface area contributed by atoms with Crippen LogP contribution in [0.1, 0.15) is 16.7 Å². The molecule has 0 saturated carbocycles. The minimum atomic E-state index is -1.21. The molecule has 5 aromatic carbocycles. The zero-order valence-corrected chi connectivity index (χ0v) is 17.6. The molecule has 0 bridgehead atoms. The number of hydrogen-bond acceptors (Lipinski definition) is 1. The first-order valence-electron chi connectivity index (χ1n) is 10.9. The lowest BCUT2D eigenvalue weighted by molar-refractivity contribution is 0.131. The normalized spacial score (nSPS) is 13.4. The summed E-state index contributed by atoms with van der Waals surface area (Å²) in [6.45, 7) is 0. The molecule has 1 N–H and O–H groups in total. The SMILES string of the molecule is OC1(c2ccccc2)c2cc(-c3ccccc3)ccc2-c2ccc(-c3ccccc3)cc21. The number of benzene rings is 5. The van der Waals surface area contributed by atoms with Crippen LogP contribution in [0.3, 0.4) is 0 Å². The molecular formula is C31H22O. The fourth-order valence-electron chi connectivity index (χ4n) is 4.91. The van der Waals surface area contributed by atoms with Crippen LogP contribution in [-0.2, 0) is 5.60 Å². The van der Waals surface area contributed by atoms with Crippen LogP contribution in [0.5, 0.6) is 0 Å². The fourth-order valence-corrected chi connectivity index (χ4v) is 4.91. The van der Waals surface area contributed by atoms with Crippen molar-refractivity contribution in [3.63, 3.8) is 0 Å². The van der Waals surface area contributed by atoms with Gasteiger partial charge in [-0.1, -0.05) is 115 Å². The first-order chi connectivity index (χ1) is 15.7. The summed E-state index contributed by atoms with van der Waals surface area (Å²) in [4.78, 5) is 0. The molecule has 0 atom stereocenters.